The first-order chi connectivity index (χ1) is 12.3. The Kier molecular flexibility index (Phi) is 4.35. The number of hydrogen-bond acceptors (Lipinski definition) is 6. The van der Waals surface area contributed by atoms with Crippen molar-refractivity contribution in [2.75, 3.05) is 20.2 Å². The van der Waals surface area contributed by atoms with Crippen molar-refractivity contribution in [2.45, 2.75) is 12.6 Å². The SMILES string of the molecule is CN(Cc1cc(-c2cccnc2)no1)CC1COc2ccccc2O1. The Hall–Kier alpha value is -2.86. The van der Waals surface area contributed by atoms with Gasteiger partial charge in [0.2, 0.25) is 0 Å². The summed E-state index contributed by atoms with van der Waals surface area (Å²) in [6.45, 7) is 1.92. The summed E-state index contributed by atoms with van der Waals surface area (Å²) in [5.74, 6) is 2.40. The van der Waals surface area contributed by atoms with Gasteiger partial charge in [-0.2, -0.15) is 0 Å². The molecule has 0 spiro atoms. The van der Waals surface area contributed by atoms with Crippen molar-refractivity contribution >= 4 is 0 Å². The van der Waals surface area contributed by atoms with Gasteiger partial charge in [-0.25, -0.2) is 0 Å². The Bertz CT molecular complexity index is 835. The molecule has 25 heavy (non-hydrogen) atoms. The number of hydrogen-bond donors (Lipinski definition) is 0. The first-order valence-corrected chi connectivity index (χ1v) is 8.21. The van der Waals surface area contributed by atoms with Crippen molar-refractivity contribution in [2.24, 2.45) is 0 Å². The maximum Gasteiger partial charge on any atom is 0.161 e. The van der Waals surface area contributed by atoms with E-state index in [1.807, 2.05) is 49.5 Å². The minimum Gasteiger partial charge on any atom is -0.486 e. The van der Waals surface area contributed by atoms with Crippen molar-refractivity contribution in [3.63, 3.8) is 0 Å². The molecule has 1 aromatic carbocycles. The molecule has 1 unspecified atom stereocenters. The predicted octanol–water partition coefficient (Wildman–Crippen LogP) is 3.01. The van der Waals surface area contributed by atoms with E-state index in [9.17, 15) is 0 Å². The molecule has 4 rings (SSSR count). The molecule has 0 bridgehead atoms. The zero-order chi connectivity index (χ0) is 17.1. The first kappa shape index (κ1) is 15.7. The summed E-state index contributed by atoms with van der Waals surface area (Å²) in [4.78, 5) is 6.24. The number of benzene rings is 1. The smallest absolute Gasteiger partial charge is 0.161 e. The summed E-state index contributed by atoms with van der Waals surface area (Å²) >= 11 is 0. The van der Waals surface area contributed by atoms with Crippen LogP contribution < -0.4 is 9.47 Å². The van der Waals surface area contributed by atoms with Gasteiger partial charge in [-0.1, -0.05) is 17.3 Å². The lowest BCUT2D eigenvalue weighted by Crippen LogP contribution is -2.39. The molecule has 0 radical (unpaired) electrons. The van der Waals surface area contributed by atoms with Gasteiger partial charge >= 0.3 is 0 Å². The number of fused-ring (bicyclic) bond motifs is 1. The second-order valence-corrected chi connectivity index (χ2v) is 6.11. The van der Waals surface area contributed by atoms with Crippen LogP contribution in [-0.2, 0) is 6.54 Å². The normalized spacial score (nSPS) is 16.2. The Labute approximate surface area is 146 Å². The number of pyridine rings is 1. The summed E-state index contributed by atoms with van der Waals surface area (Å²) in [5.41, 5.74) is 1.74. The highest BCUT2D eigenvalue weighted by Gasteiger charge is 2.22. The van der Waals surface area contributed by atoms with Crippen LogP contribution >= 0.6 is 0 Å². The van der Waals surface area contributed by atoms with Crippen LogP contribution in [-0.4, -0.2) is 41.3 Å². The summed E-state index contributed by atoms with van der Waals surface area (Å²) in [7, 11) is 2.02. The molecule has 0 N–H and O–H groups in total. The minimum atomic E-state index is -0.0133. The van der Waals surface area contributed by atoms with Crippen molar-refractivity contribution in [1.82, 2.24) is 15.0 Å². The number of para-hydroxylation sites is 2. The molecular weight excluding hydrogens is 318 g/mol. The quantitative estimate of drug-likeness (QED) is 0.713. The molecule has 6 heteroatoms. The predicted molar refractivity (Wildman–Crippen MR) is 92.4 cm³/mol. The topological polar surface area (TPSA) is 60.6 Å². The zero-order valence-corrected chi connectivity index (χ0v) is 14.0. The summed E-state index contributed by atoms with van der Waals surface area (Å²) in [5, 5.41) is 4.12. The van der Waals surface area contributed by atoms with E-state index in [1.165, 1.54) is 0 Å². The number of rotatable bonds is 5. The van der Waals surface area contributed by atoms with E-state index in [0.29, 0.717) is 13.2 Å². The van der Waals surface area contributed by atoms with Crippen LogP contribution in [0.2, 0.25) is 0 Å². The highest BCUT2D eigenvalue weighted by atomic mass is 16.6. The lowest BCUT2D eigenvalue weighted by molar-refractivity contribution is 0.0618. The summed E-state index contributed by atoms with van der Waals surface area (Å²) in [6, 6.07) is 13.5. The van der Waals surface area contributed by atoms with Crippen LogP contribution in [0.5, 0.6) is 11.5 Å². The van der Waals surface area contributed by atoms with Gasteiger partial charge in [-0.05, 0) is 31.3 Å². The third-order valence-electron chi connectivity index (χ3n) is 4.02. The van der Waals surface area contributed by atoms with Gasteiger partial charge in [0, 0.05) is 30.6 Å². The zero-order valence-electron chi connectivity index (χ0n) is 14.0. The highest BCUT2D eigenvalue weighted by molar-refractivity contribution is 5.57. The van der Waals surface area contributed by atoms with Gasteiger partial charge in [0.25, 0.3) is 0 Å². The third kappa shape index (κ3) is 3.64. The monoisotopic (exact) mass is 337 g/mol. The Morgan fingerprint density at radius 2 is 2.04 bits per heavy atom. The summed E-state index contributed by atoms with van der Waals surface area (Å²) < 4.78 is 17.2. The van der Waals surface area contributed by atoms with E-state index in [2.05, 4.69) is 15.0 Å². The Morgan fingerprint density at radius 1 is 1.16 bits per heavy atom. The van der Waals surface area contributed by atoms with Crippen molar-refractivity contribution < 1.29 is 14.0 Å². The number of likely N-dealkylation sites (N-methyl/N-ethyl adjacent to an activating group) is 1. The fourth-order valence-corrected chi connectivity index (χ4v) is 2.87. The molecule has 0 saturated carbocycles. The third-order valence-corrected chi connectivity index (χ3v) is 4.02. The number of nitrogens with zero attached hydrogens (tertiary/aromatic N) is 3. The summed E-state index contributed by atoms with van der Waals surface area (Å²) in [6.07, 6.45) is 3.50. The van der Waals surface area contributed by atoms with Gasteiger partial charge in [0.15, 0.2) is 17.3 Å². The molecule has 1 aliphatic rings. The van der Waals surface area contributed by atoms with E-state index in [4.69, 9.17) is 14.0 Å². The van der Waals surface area contributed by atoms with E-state index in [0.717, 1.165) is 35.1 Å². The van der Waals surface area contributed by atoms with Gasteiger partial charge < -0.3 is 14.0 Å². The Morgan fingerprint density at radius 3 is 2.88 bits per heavy atom. The molecule has 3 aromatic rings. The van der Waals surface area contributed by atoms with Crippen LogP contribution in [0.4, 0.5) is 0 Å². The molecule has 1 atom stereocenters. The van der Waals surface area contributed by atoms with Gasteiger partial charge in [-0.15, -0.1) is 0 Å². The second kappa shape index (κ2) is 6.94. The van der Waals surface area contributed by atoms with Crippen molar-refractivity contribution in [1.29, 1.82) is 0 Å². The number of aromatic nitrogens is 2. The van der Waals surface area contributed by atoms with E-state index in [1.54, 1.807) is 12.4 Å². The Balaban J connectivity index is 1.35. The second-order valence-electron chi connectivity index (χ2n) is 6.11. The van der Waals surface area contributed by atoms with Crippen LogP contribution in [0.3, 0.4) is 0 Å². The van der Waals surface area contributed by atoms with Crippen LogP contribution in [0.25, 0.3) is 11.3 Å². The van der Waals surface area contributed by atoms with Crippen LogP contribution in [0.15, 0.2) is 59.4 Å². The highest BCUT2D eigenvalue weighted by Crippen LogP contribution is 2.31. The molecular formula is C19H19N3O3. The lowest BCUT2D eigenvalue weighted by atomic mass is 10.2. The average Bonchev–Trinajstić information content (AvgIpc) is 3.10. The van der Waals surface area contributed by atoms with Gasteiger partial charge in [0.05, 0.1) is 6.54 Å². The maximum atomic E-state index is 5.99. The van der Waals surface area contributed by atoms with Crippen LogP contribution in [0, 0.1) is 0 Å². The molecule has 2 aromatic heterocycles. The molecule has 0 fully saturated rings. The standard InChI is InChI=1S/C19H19N3O3/c1-22(12-16-13-23-18-6-2-3-7-19(18)24-16)11-15-9-17(21-25-15)14-5-4-8-20-10-14/h2-10,16H,11-13H2,1H3. The molecule has 128 valence electrons. The van der Waals surface area contributed by atoms with Crippen molar-refractivity contribution in [3.05, 3.63) is 60.6 Å². The van der Waals surface area contributed by atoms with Gasteiger partial charge in [0.1, 0.15) is 18.4 Å². The minimum absolute atomic E-state index is 0.0133. The molecule has 0 aliphatic carbocycles. The molecule has 0 amide bonds. The van der Waals surface area contributed by atoms with E-state index >= 15 is 0 Å². The number of ether oxygens (including phenoxy) is 2. The molecule has 6 nitrogen and oxygen atoms in total. The van der Waals surface area contributed by atoms with Gasteiger partial charge in [-0.3, -0.25) is 9.88 Å². The van der Waals surface area contributed by atoms with Crippen LogP contribution in [0.1, 0.15) is 5.76 Å². The fraction of sp³-hybridized carbons (Fsp3) is 0.263. The van der Waals surface area contributed by atoms with E-state index in [-0.39, 0.29) is 6.10 Å². The van der Waals surface area contributed by atoms with Crippen molar-refractivity contribution in [3.8, 4) is 22.8 Å². The van der Waals surface area contributed by atoms with E-state index < -0.39 is 0 Å². The largest absolute Gasteiger partial charge is 0.486 e. The first-order valence-electron chi connectivity index (χ1n) is 8.21. The molecule has 0 saturated heterocycles. The molecule has 1 aliphatic heterocycles. The average molecular weight is 337 g/mol. The lowest BCUT2D eigenvalue weighted by Gasteiger charge is -2.29. The fourth-order valence-electron chi connectivity index (χ4n) is 2.87. The maximum absolute atomic E-state index is 5.99. The molecule has 3 heterocycles.